The van der Waals surface area contributed by atoms with Gasteiger partial charge in [-0.2, -0.15) is 0 Å². The Morgan fingerprint density at radius 1 is 1.47 bits per heavy atom. The average Bonchev–Trinajstić information content (AvgIpc) is 2.62. The summed E-state index contributed by atoms with van der Waals surface area (Å²) in [6.45, 7) is 5.56. The fraction of sp³-hybridized carbons (Fsp3) is 0.583. The summed E-state index contributed by atoms with van der Waals surface area (Å²) in [6, 6.07) is 0. The summed E-state index contributed by atoms with van der Waals surface area (Å²) in [6.07, 6.45) is 0. The Labute approximate surface area is 110 Å². The molecular weight excluding hydrogens is 252 g/mol. The van der Waals surface area contributed by atoms with E-state index in [2.05, 4.69) is 5.16 Å². The van der Waals surface area contributed by atoms with Gasteiger partial charge in [0.1, 0.15) is 23.5 Å². The zero-order valence-corrected chi connectivity index (χ0v) is 11.1. The van der Waals surface area contributed by atoms with E-state index in [1.165, 1.54) is 0 Å². The largest absolute Gasteiger partial charge is 0.480 e. The zero-order chi connectivity index (χ0) is 14.2. The fourth-order valence-electron chi connectivity index (χ4n) is 2.18. The molecule has 0 aliphatic carbocycles. The Hall–Kier alpha value is -1.89. The highest BCUT2D eigenvalue weighted by Gasteiger charge is 2.44. The van der Waals surface area contributed by atoms with Crippen LogP contribution in [0, 0.1) is 13.8 Å². The van der Waals surface area contributed by atoms with Crippen molar-refractivity contribution in [3.05, 3.63) is 17.0 Å². The van der Waals surface area contributed by atoms with E-state index in [4.69, 9.17) is 14.4 Å². The van der Waals surface area contributed by atoms with Crippen molar-refractivity contribution in [2.24, 2.45) is 0 Å². The van der Waals surface area contributed by atoms with Gasteiger partial charge in [0, 0.05) is 0 Å². The van der Waals surface area contributed by atoms with Gasteiger partial charge in [-0.15, -0.1) is 0 Å². The topological polar surface area (TPSA) is 92.9 Å². The molecule has 1 aromatic rings. The van der Waals surface area contributed by atoms with Crippen molar-refractivity contribution in [2.45, 2.75) is 26.4 Å². The number of rotatable bonds is 4. The number of likely N-dealkylation sites (tertiary alicyclic amines) is 1. The summed E-state index contributed by atoms with van der Waals surface area (Å²) < 4.78 is 10.2. The third kappa shape index (κ3) is 2.60. The summed E-state index contributed by atoms with van der Waals surface area (Å²) in [5, 5.41) is 12.3. The molecule has 2 rings (SSSR count). The average molecular weight is 268 g/mol. The molecule has 7 nitrogen and oxygen atoms in total. The van der Waals surface area contributed by atoms with Gasteiger partial charge in [-0.1, -0.05) is 5.16 Å². The summed E-state index contributed by atoms with van der Waals surface area (Å²) in [7, 11) is 0. The van der Waals surface area contributed by atoms with E-state index < -0.39 is 11.6 Å². The predicted molar refractivity (Wildman–Crippen MR) is 63.9 cm³/mol. The van der Waals surface area contributed by atoms with Crippen LogP contribution in [-0.2, 0) is 9.53 Å². The van der Waals surface area contributed by atoms with Crippen molar-refractivity contribution in [2.75, 3.05) is 19.7 Å². The first-order valence-electron chi connectivity index (χ1n) is 5.90. The van der Waals surface area contributed by atoms with E-state index in [0.717, 1.165) is 0 Å². The van der Waals surface area contributed by atoms with Gasteiger partial charge in [0.15, 0.2) is 0 Å². The van der Waals surface area contributed by atoms with Crippen LogP contribution in [0.5, 0.6) is 0 Å². The number of carbonyl (C=O) groups excluding carboxylic acids is 1. The molecule has 1 aliphatic rings. The standard InChI is InChI=1S/C12H16N2O5/c1-7-10(8(2)19-13-7)11(17)14-5-12(3,6-14)18-4-9(15)16/h4-6H2,1-3H3,(H,15,16). The molecule has 0 atom stereocenters. The zero-order valence-electron chi connectivity index (χ0n) is 11.1. The number of hydrogen-bond acceptors (Lipinski definition) is 5. The smallest absolute Gasteiger partial charge is 0.329 e. The van der Waals surface area contributed by atoms with E-state index in [-0.39, 0.29) is 12.5 Å². The van der Waals surface area contributed by atoms with E-state index in [1.54, 1.807) is 25.7 Å². The molecule has 0 unspecified atom stereocenters. The highest BCUT2D eigenvalue weighted by atomic mass is 16.5. The second-order valence-corrected chi connectivity index (χ2v) is 4.99. The van der Waals surface area contributed by atoms with Gasteiger partial charge in [0.05, 0.1) is 18.8 Å². The Morgan fingerprint density at radius 2 is 2.11 bits per heavy atom. The maximum atomic E-state index is 12.2. The monoisotopic (exact) mass is 268 g/mol. The van der Waals surface area contributed by atoms with Gasteiger partial charge in [0.25, 0.3) is 5.91 Å². The molecule has 0 bridgehead atoms. The van der Waals surface area contributed by atoms with E-state index in [1.807, 2.05) is 0 Å². The van der Waals surface area contributed by atoms with Gasteiger partial charge >= 0.3 is 5.97 Å². The number of carboxylic acids is 1. The van der Waals surface area contributed by atoms with Crippen LogP contribution < -0.4 is 0 Å². The molecule has 0 aromatic carbocycles. The molecule has 0 saturated carbocycles. The molecule has 1 fully saturated rings. The van der Waals surface area contributed by atoms with Crippen LogP contribution in [0.15, 0.2) is 4.52 Å². The first-order valence-corrected chi connectivity index (χ1v) is 5.90. The SMILES string of the molecule is Cc1noc(C)c1C(=O)N1CC(C)(OCC(=O)O)C1. The van der Waals surface area contributed by atoms with Gasteiger partial charge in [-0.05, 0) is 20.8 Å². The number of aryl methyl sites for hydroxylation is 2. The van der Waals surface area contributed by atoms with E-state index in [0.29, 0.717) is 30.1 Å². The van der Waals surface area contributed by atoms with Crippen molar-refractivity contribution >= 4 is 11.9 Å². The second kappa shape index (κ2) is 4.65. The quantitative estimate of drug-likeness (QED) is 0.859. The summed E-state index contributed by atoms with van der Waals surface area (Å²) in [5.41, 5.74) is 0.440. The van der Waals surface area contributed by atoms with E-state index >= 15 is 0 Å². The molecule has 1 N–H and O–H groups in total. The molecule has 0 spiro atoms. The minimum absolute atomic E-state index is 0.160. The van der Waals surface area contributed by atoms with E-state index in [9.17, 15) is 9.59 Å². The molecule has 1 aromatic heterocycles. The fourth-order valence-corrected chi connectivity index (χ4v) is 2.18. The number of nitrogens with zero attached hydrogens (tertiary/aromatic N) is 2. The normalized spacial score (nSPS) is 17.1. The lowest BCUT2D eigenvalue weighted by molar-refractivity contribution is -0.159. The Balaban J connectivity index is 1.97. The number of aromatic nitrogens is 1. The minimum atomic E-state index is -1.02. The molecule has 19 heavy (non-hydrogen) atoms. The van der Waals surface area contributed by atoms with Crippen molar-refractivity contribution in [1.29, 1.82) is 0 Å². The second-order valence-electron chi connectivity index (χ2n) is 4.99. The van der Waals surface area contributed by atoms with Crippen LogP contribution in [-0.4, -0.2) is 52.3 Å². The van der Waals surface area contributed by atoms with Crippen LogP contribution in [0.2, 0.25) is 0 Å². The molecule has 1 aliphatic heterocycles. The van der Waals surface area contributed by atoms with Crippen LogP contribution in [0.3, 0.4) is 0 Å². The lowest BCUT2D eigenvalue weighted by Crippen LogP contribution is -2.63. The van der Waals surface area contributed by atoms with Gasteiger partial charge < -0.3 is 19.3 Å². The number of carbonyl (C=O) groups is 2. The van der Waals surface area contributed by atoms with Gasteiger partial charge in [0.2, 0.25) is 0 Å². The number of hydrogen-bond donors (Lipinski definition) is 1. The summed E-state index contributed by atoms with van der Waals surface area (Å²) >= 11 is 0. The molecule has 1 amide bonds. The molecule has 7 heteroatoms. The third-order valence-corrected chi connectivity index (χ3v) is 3.13. The highest BCUT2D eigenvalue weighted by molar-refractivity contribution is 5.96. The van der Waals surface area contributed by atoms with Crippen molar-refractivity contribution < 1.29 is 24.0 Å². The van der Waals surface area contributed by atoms with Crippen LogP contribution in [0.4, 0.5) is 0 Å². The summed E-state index contributed by atoms with van der Waals surface area (Å²) in [5.74, 6) is -0.688. The predicted octanol–water partition coefficient (Wildman–Crippen LogP) is 0.607. The molecule has 104 valence electrons. The van der Waals surface area contributed by atoms with Crippen LogP contribution in [0.25, 0.3) is 0 Å². The lowest BCUT2D eigenvalue weighted by Gasteiger charge is -2.47. The van der Waals surface area contributed by atoms with Gasteiger partial charge in [-0.25, -0.2) is 4.79 Å². The molecular formula is C12H16N2O5. The van der Waals surface area contributed by atoms with Gasteiger partial charge in [-0.3, -0.25) is 4.79 Å². The van der Waals surface area contributed by atoms with Crippen LogP contribution in [0.1, 0.15) is 28.7 Å². The number of amides is 1. The molecule has 0 radical (unpaired) electrons. The lowest BCUT2D eigenvalue weighted by atomic mass is 9.95. The first-order chi connectivity index (χ1) is 8.82. The number of aliphatic carboxylic acids is 1. The maximum absolute atomic E-state index is 12.2. The first kappa shape index (κ1) is 13.5. The maximum Gasteiger partial charge on any atom is 0.329 e. The molecule has 1 saturated heterocycles. The Bertz CT molecular complexity index is 497. The molecule has 2 heterocycles. The summed E-state index contributed by atoms with van der Waals surface area (Å²) in [4.78, 5) is 24.3. The highest BCUT2D eigenvalue weighted by Crippen LogP contribution is 2.27. The van der Waals surface area contributed by atoms with Crippen molar-refractivity contribution in [3.63, 3.8) is 0 Å². The minimum Gasteiger partial charge on any atom is -0.480 e. The Morgan fingerprint density at radius 3 is 2.58 bits per heavy atom. The number of carboxylic acid groups (broad SMARTS) is 1. The third-order valence-electron chi connectivity index (χ3n) is 3.13. The van der Waals surface area contributed by atoms with Crippen molar-refractivity contribution in [1.82, 2.24) is 10.1 Å². The van der Waals surface area contributed by atoms with Crippen LogP contribution >= 0.6 is 0 Å². The van der Waals surface area contributed by atoms with Crippen molar-refractivity contribution in [3.8, 4) is 0 Å². The number of ether oxygens (including phenoxy) is 1. The Kier molecular flexibility index (Phi) is 3.32.